The van der Waals surface area contributed by atoms with Crippen molar-refractivity contribution in [3.05, 3.63) is 174 Å². The maximum Gasteiger partial charge on any atom is 0.310 e. The summed E-state index contributed by atoms with van der Waals surface area (Å²) in [7, 11) is 3.68. The highest BCUT2D eigenvalue weighted by atomic mass is 35.5. The molecule has 12 N–H and O–H groups in total. The van der Waals surface area contributed by atoms with E-state index in [1.165, 1.54) is 27.8 Å². The molecule has 15 heterocycles. The van der Waals surface area contributed by atoms with Crippen molar-refractivity contribution in [3.63, 3.8) is 0 Å². The van der Waals surface area contributed by atoms with Crippen LogP contribution in [0.4, 0.5) is 0 Å². The maximum absolute atomic E-state index is 12.5. The standard InChI is InChI=1S/C23H32ClN5O2.C22H30ClN5O2.C21H28ClN5O2.2C21H30ClN5O/c1-2-31-23(30)17-5-8-20(13-16-3-6-18(24)7-4-16)29(15-17)19-9-11-28(12-10-19)22-14-21(25)26-27-22;1-22(21(29)30)9-6-18(12-15-2-4-16(23)5-3-15)28(14-22)17-7-10-27(11-8-17)20-13-19(24)25-26-20;22-16-4-1-14(2-5-16)11-18-6-3-15(21(28)29)13-27(18)17-7-9-26(10-8-17)20-12-19(23)24-25-20;2*1-28-19-8-11-27(18(13-19)12-15-2-4-16(22)5-3-15)17-6-9-26(10-7-17)21-14-20(23)24-25-21/h3-4,6-7,17,19-20H,2,5,8-15H2,1H3,(H2,25,26);2-5,17-18H,6-14H2,1H3,(H2,24,25)(H,29,30);1-2,4-5,15,17-18H,3,6-13H2,(H2,23,24)(H,28,29);2*2-5,17-19H,6-14H2,1H3,(H2,23,24)/t17?,20-;18-,22?;15?,18-;18-,19+;18-,19-/m11100/s1. The third kappa shape index (κ3) is 29.8. The molecule has 146 heavy (non-hydrogen) atoms. The lowest BCUT2D eigenvalue weighted by molar-refractivity contribution is -0.154. The molecule has 10 atom stereocenters. The second-order valence-electron chi connectivity index (χ2n) is 42.3. The molecule has 0 bridgehead atoms. The zero-order valence-corrected chi connectivity index (χ0v) is 89.0. The van der Waals surface area contributed by atoms with Gasteiger partial charge in [0.15, 0.2) is 0 Å². The van der Waals surface area contributed by atoms with E-state index in [2.05, 4.69) is 161 Å². The molecule has 10 fully saturated rings. The molecule has 15 aliphatic heterocycles. The number of aliphatic carboxylic acids is 2. The van der Waals surface area contributed by atoms with Crippen molar-refractivity contribution in [2.24, 2.45) is 96.9 Å². The van der Waals surface area contributed by atoms with E-state index in [1.54, 1.807) is 0 Å². The first-order valence-electron chi connectivity index (χ1n) is 53.0. The Balaban J connectivity index is 0.000000131. The molecular formula is C108H150Cl5N25O8. The van der Waals surface area contributed by atoms with Gasteiger partial charge in [-0.2, -0.15) is 0 Å². The van der Waals surface area contributed by atoms with E-state index < -0.39 is 17.4 Å². The van der Waals surface area contributed by atoms with Gasteiger partial charge >= 0.3 is 17.9 Å². The number of carbonyl (C=O) groups is 3. The molecule has 790 valence electrons. The summed E-state index contributed by atoms with van der Waals surface area (Å²) in [5, 5.41) is 64.3. The minimum atomic E-state index is -0.692. The van der Waals surface area contributed by atoms with Crippen LogP contribution in [0.2, 0.25) is 25.1 Å². The Morgan fingerprint density at radius 1 is 0.336 bits per heavy atom. The van der Waals surface area contributed by atoms with Gasteiger partial charge in [0.05, 0.1) is 68.2 Å². The third-order valence-corrected chi connectivity index (χ3v) is 33.9. The number of ether oxygens (including phenoxy) is 3. The highest BCUT2D eigenvalue weighted by Gasteiger charge is 2.47. The molecule has 5 aromatic carbocycles. The number of carboxylic acid groups (broad SMARTS) is 2. The van der Waals surface area contributed by atoms with Gasteiger partial charge in [-0.15, -0.1) is 51.0 Å². The number of methoxy groups -OCH3 is 2. The molecule has 10 saturated heterocycles. The topological polar surface area (TPSA) is 405 Å². The molecule has 3 unspecified atom stereocenters. The number of amidine groups is 10. The van der Waals surface area contributed by atoms with Gasteiger partial charge in [-0.1, -0.05) is 119 Å². The van der Waals surface area contributed by atoms with Gasteiger partial charge in [-0.05, 0) is 263 Å². The predicted molar refractivity (Wildman–Crippen MR) is 584 cm³/mol. The maximum atomic E-state index is 12.5. The number of nitrogens with zero attached hydrogens (tertiary/aromatic N) is 20. The molecule has 38 heteroatoms. The van der Waals surface area contributed by atoms with Crippen LogP contribution in [0, 0.1) is 17.3 Å². The van der Waals surface area contributed by atoms with Crippen molar-refractivity contribution in [2.45, 2.75) is 279 Å². The summed E-state index contributed by atoms with van der Waals surface area (Å²) in [6, 6.07) is 45.4. The van der Waals surface area contributed by atoms with E-state index in [0.29, 0.717) is 160 Å². The lowest BCUT2D eigenvalue weighted by Crippen LogP contribution is -2.57. The second kappa shape index (κ2) is 52.2. The van der Waals surface area contributed by atoms with Crippen LogP contribution in [0.25, 0.3) is 0 Å². The first-order chi connectivity index (χ1) is 70.6. The van der Waals surface area contributed by atoms with E-state index >= 15 is 0 Å². The number of nitrogens with two attached hydrogens (primary N) is 5. The molecule has 15 aliphatic rings. The number of halogens is 5. The van der Waals surface area contributed by atoms with Gasteiger partial charge in [0.25, 0.3) is 0 Å². The van der Waals surface area contributed by atoms with Gasteiger partial charge in [0.1, 0.15) is 58.4 Å². The number of hydrogen-bond donors (Lipinski definition) is 7. The minimum Gasteiger partial charge on any atom is -0.481 e. The average Bonchev–Trinajstić information content (AvgIpc) is 0.970. The second-order valence-corrected chi connectivity index (χ2v) is 44.5. The highest BCUT2D eigenvalue weighted by Crippen LogP contribution is 2.41. The summed E-state index contributed by atoms with van der Waals surface area (Å²) in [4.78, 5) is 60.7. The number of likely N-dealkylation sites (tertiary alicyclic amines) is 10. The Hall–Kier alpha value is -9.62. The Bertz CT molecular complexity index is 5360. The number of benzene rings is 5. The summed E-state index contributed by atoms with van der Waals surface area (Å²) in [6.45, 7) is 18.1. The number of hydrogen-bond acceptors (Lipinski definition) is 31. The zero-order chi connectivity index (χ0) is 102. The van der Waals surface area contributed by atoms with E-state index in [0.717, 1.165) is 293 Å². The summed E-state index contributed by atoms with van der Waals surface area (Å²) in [5.74, 6) is 6.23. The minimum absolute atomic E-state index is 0.0353. The van der Waals surface area contributed by atoms with Crippen LogP contribution in [0.15, 0.2) is 172 Å². The van der Waals surface area contributed by atoms with E-state index in [4.69, 9.17) is 101 Å². The molecular weight excluding hydrogens is 1950 g/mol. The first-order valence-corrected chi connectivity index (χ1v) is 54.9. The van der Waals surface area contributed by atoms with E-state index in [-0.39, 0.29) is 17.8 Å². The number of esters is 1. The van der Waals surface area contributed by atoms with E-state index in [1.807, 2.05) is 88.7 Å². The Kier molecular flexibility index (Phi) is 39.0. The zero-order valence-electron chi connectivity index (χ0n) is 85.2. The summed E-state index contributed by atoms with van der Waals surface area (Å²) >= 11 is 30.3. The SMILES string of the molecule is CC1(C(=O)O)CC[C@H](Cc2ccc(Cl)cc2)N(C2CCN(C3=NN=C(N)C3)CC2)C1.CCOC(=O)C1CC[C@H](Cc2ccc(Cl)cc2)N(C2CCN(C3=NN=C(N)C3)CC2)C1.CO[C@@H]1CCN(C2CCN(C3=NN=C(N)C3)CC2)[C@@H](Cc2ccc(Cl)cc2)C1.CO[C@H]1CCN(C2CCN(C3=NN=C(N)C3)CC2)[C@@H](Cc2ccc(Cl)cc2)C1.NC1=NN=C(N2CCC(N3CC(C(=O)O)CC[C@@H]3Cc3ccc(Cl)cc3)CC2)C1. The fraction of sp³-hybridized carbons (Fsp3) is 0.602. The first kappa shape index (κ1) is 109. The molecule has 0 amide bonds. The van der Waals surface area contributed by atoms with Gasteiger partial charge in [-0.25, -0.2) is 0 Å². The van der Waals surface area contributed by atoms with Crippen LogP contribution in [0.3, 0.4) is 0 Å². The number of carbonyl (C=O) groups excluding carboxylic acids is 1. The summed E-state index contributed by atoms with van der Waals surface area (Å²) in [5.41, 5.74) is 34.7. The van der Waals surface area contributed by atoms with Crippen molar-refractivity contribution in [2.75, 3.05) is 119 Å². The van der Waals surface area contributed by atoms with Crippen molar-refractivity contribution in [1.29, 1.82) is 0 Å². The highest BCUT2D eigenvalue weighted by molar-refractivity contribution is 6.32. The molecule has 0 spiro atoms. The number of piperidine rings is 10. The average molecular weight is 2100 g/mol. The fourth-order valence-electron chi connectivity index (χ4n) is 24.4. The van der Waals surface area contributed by atoms with Gasteiger partial charge in [0, 0.05) is 198 Å². The Morgan fingerprint density at radius 3 is 0.856 bits per heavy atom. The Morgan fingerprint density at radius 2 is 0.596 bits per heavy atom. The van der Waals surface area contributed by atoms with Crippen molar-refractivity contribution >= 4 is 134 Å². The molecule has 5 aromatic rings. The van der Waals surface area contributed by atoms with Crippen molar-refractivity contribution < 1.29 is 38.8 Å². The molecule has 0 saturated carbocycles. The summed E-state index contributed by atoms with van der Waals surface area (Å²) < 4.78 is 16.8. The van der Waals surface area contributed by atoms with Crippen molar-refractivity contribution in [1.82, 2.24) is 49.0 Å². The predicted octanol–water partition coefficient (Wildman–Crippen LogP) is 14.4. The fourth-order valence-corrected chi connectivity index (χ4v) is 25.1. The van der Waals surface area contributed by atoms with Crippen LogP contribution in [0.5, 0.6) is 0 Å². The molecule has 0 aliphatic carbocycles. The van der Waals surface area contributed by atoms with Gasteiger partial charge in [-0.3, -0.25) is 38.9 Å². The van der Waals surface area contributed by atoms with Gasteiger partial charge in [0.2, 0.25) is 0 Å². The quantitative estimate of drug-likeness (QED) is 0.0335. The lowest BCUT2D eigenvalue weighted by Gasteiger charge is -2.49. The number of carboxylic acids is 2. The monoisotopic (exact) mass is 2100 g/mol. The van der Waals surface area contributed by atoms with Crippen molar-refractivity contribution in [3.8, 4) is 0 Å². The normalized spacial score (nSPS) is 26.8. The lowest BCUT2D eigenvalue weighted by atomic mass is 9.77. The molecule has 20 rings (SSSR count). The van der Waals surface area contributed by atoms with Crippen LogP contribution in [0.1, 0.15) is 202 Å². The van der Waals surface area contributed by atoms with Crippen LogP contribution in [-0.4, -0.2) is 327 Å². The van der Waals surface area contributed by atoms with Crippen LogP contribution < -0.4 is 28.7 Å². The number of rotatable bonds is 21. The smallest absolute Gasteiger partial charge is 0.310 e. The summed E-state index contributed by atoms with van der Waals surface area (Å²) in [6.07, 6.45) is 29.3. The largest absolute Gasteiger partial charge is 0.481 e. The molecule has 0 radical (unpaired) electrons. The third-order valence-electron chi connectivity index (χ3n) is 32.7. The Labute approximate surface area is 885 Å². The van der Waals surface area contributed by atoms with Crippen LogP contribution >= 0.6 is 58.0 Å². The van der Waals surface area contributed by atoms with Crippen LogP contribution in [-0.2, 0) is 60.7 Å². The van der Waals surface area contributed by atoms with E-state index in [9.17, 15) is 24.6 Å². The van der Waals surface area contributed by atoms with Gasteiger partial charge < -0.3 is 77.6 Å². The molecule has 0 aromatic heterocycles. The molecule has 33 nitrogen and oxygen atoms in total.